The highest BCUT2D eigenvalue weighted by atomic mass is 32.1. The Balaban J connectivity index is 2.33. The van der Waals surface area contributed by atoms with Crippen LogP contribution in [0.1, 0.15) is 26.2 Å². The average molecular weight is 116 g/mol. The summed E-state index contributed by atoms with van der Waals surface area (Å²) in [6.45, 7) is 2.28. The Kier molecular flexibility index (Phi) is 1.63. The van der Waals surface area contributed by atoms with E-state index >= 15 is 0 Å². The molecule has 0 saturated heterocycles. The Morgan fingerprint density at radius 1 is 1.43 bits per heavy atom. The first-order chi connectivity index (χ1) is 3.30. The van der Waals surface area contributed by atoms with E-state index in [-0.39, 0.29) is 0 Å². The van der Waals surface area contributed by atoms with Gasteiger partial charge in [0.05, 0.1) is 0 Å². The summed E-state index contributed by atoms with van der Waals surface area (Å²) in [4.78, 5) is 0. The number of rotatable bonds is 0. The van der Waals surface area contributed by atoms with Crippen molar-refractivity contribution in [3.8, 4) is 0 Å². The van der Waals surface area contributed by atoms with E-state index in [1.165, 1.54) is 19.3 Å². The first-order valence-corrected chi connectivity index (χ1v) is 3.50. The molecule has 1 unspecified atom stereocenters. The van der Waals surface area contributed by atoms with Crippen LogP contribution in [0.15, 0.2) is 0 Å². The van der Waals surface area contributed by atoms with E-state index < -0.39 is 0 Å². The van der Waals surface area contributed by atoms with Crippen molar-refractivity contribution in [3.05, 3.63) is 0 Å². The van der Waals surface area contributed by atoms with Crippen LogP contribution in [-0.4, -0.2) is 5.25 Å². The predicted octanol–water partition coefficient (Wildman–Crippen LogP) is 2.10. The zero-order valence-corrected chi connectivity index (χ0v) is 5.62. The molecule has 1 fully saturated rings. The van der Waals surface area contributed by atoms with E-state index in [4.69, 9.17) is 0 Å². The molecular weight excluding hydrogens is 104 g/mol. The molecule has 2 atom stereocenters. The minimum Gasteiger partial charge on any atom is -0.176 e. The second-order valence-corrected chi connectivity index (χ2v) is 3.14. The van der Waals surface area contributed by atoms with Crippen LogP contribution in [-0.2, 0) is 0 Å². The Bertz CT molecular complexity index is 53.2. The molecule has 0 N–H and O–H groups in total. The Morgan fingerprint density at radius 3 is 2.29 bits per heavy atom. The third-order valence-corrected chi connectivity index (χ3v) is 2.58. The van der Waals surface area contributed by atoms with Crippen LogP contribution in [0.25, 0.3) is 0 Å². The zero-order valence-electron chi connectivity index (χ0n) is 4.72. The van der Waals surface area contributed by atoms with Gasteiger partial charge in [-0.1, -0.05) is 13.3 Å². The SMILES string of the molecule is CC1CCC[C@@H]1S. The number of hydrogen-bond acceptors (Lipinski definition) is 1. The maximum absolute atomic E-state index is 4.39. The first kappa shape index (κ1) is 5.49. The average Bonchev–Trinajstić information content (AvgIpc) is 1.91. The van der Waals surface area contributed by atoms with Gasteiger partial charge in [-0.15, -0.1) is 0 Å². The van der Waals surface area contributed by atoms with E-state index in [9.17, 15) is 0 Å². The van der Waals surface area contributed by atoms with E-state index in [0.29, 0.717) is 5.25 Å². The Morgan fingerprint density at radius 2 is 2.14 bits per heavy atom. The molecule has 0 aromatic heterocycles. The second-order valence-electron chi connectivity index (χ2n) is 2.48. The van der Waals surface area contributed by atoms with Gasteiger partial charge in [0.1, 0.15) is 0 Å². The van der Waals surface area contributed by atoms with Crippen molar-refractivity contribution in [2.75, 3.05) is 0 Å². The highest BCUT2D eigenvalue weighted by Gasteiger charge is 2.18. The second kappa shape index (κ2) is 2.08. The smallest absolute Gasteiger partial charge is 0.00424 e. The van der Waals surface area contributed by atoms with E-state index in [1.807, 2.05) is 0 Å². The van der Waals surface area contributed by atoms with Crippen LogP contribution >= 0.6 is 12.6 Å². The fourth-order valence-corrected chi connectivity index (χ4v) is 1.46. The van der Waals surface area contributed by atoms with Gasteiger partial charge in [-0.25, -0.2) is 0 Å². The molecule has 0 aliphatic heterocycles. The van der Waals surface area contributed by atoms with E-state index in [2.05, 4.69) is 19.6 Å². The lowest BCUT2D eigenvalue weighted by molar-refractivity contribution is 0.627. The van der Waals surface area contributed by atoms with Gasteiger partial charge in [-0.3, -0.25) is 0 Å². The quantitative estimate of drug-likeness (QED) is 0.460. The van der Waals surface area contributed by atoms with Crippen molar-refractivity contribution in [3.63, 3.8) is 0 Å². The molecule has 1 aliphatic carbocycles. The van der Waals surface area contributed by atoms with Crippen molar-refractivity contribution < 1.29 is 0 Å². The third kappa shape index (κ3) is 1.12. The number of hydrogen-bond donors (Lipinski definition) is 1. The van der Waals surface area contributed by atoms with E-state index in [1.54, 1.807) is 0 Å². The van der Waals surface area contributed by atoms with Crippen molar-refractivity contribution in [1.29, 1.82) is 0 Å². The highest BCUT2D eigenvalue weighted by Crippen LogP contribution is 2.28. The summed E-state index contributed by atoms with van der Waals surface area (Å²) >= 11 is 4.39. The van der Waals surface area contributed by atoms with E-state index in [0.717, 1.165) is 5.92 Å². The van der Waals surface area contributed by atoms with Crippen LogP contribution in [0.4, 0.5) is 0 Å². The molecule has 42 valence electrons. The largest absolute Gasteiger partial charge is 0.176 e. The summed E-state index contributed by atoms with van der Waals surface area (Å²) < 4.78 is 0. The molecule has 0 aromatic rings. The monoisotopic (exact) mass is 116 g/mol. The lowest BCUT2D eigenvalue weighted by Gasteiger charge is -2.04. The van der Waals surface area contributed by atoms with Crippen LogP contribution in [0.3, 0.4) is 0 Å². The van der Waals surface area contributed by atoms with Crippen molar-refractivity contribution >= 4 is 12.6 Å². The molecule has 0 spiro atoms. The van der Waals surface area contributed by atoms with Crippen LogP contribution < -0.4 is 0 Å². The van der Waals surface area contributed by atoms with Gasteiger partial charge in [-0.05, 0) is 18.8 Å². The standard InChI is InChI=1S/C6H12S/c1-5-3-2-4-6(5)7/h5-7H,2-4H2,1H3/t5?,6-/m0/s1. The summed E-state index contributed by atoms with van der Waals surface area (Å²) in [6, 6.07) is 0. The predicted molar refractivity (Wildman–Crippen MR) is 35.8 cm³/mol. The molecule has 0 nitrogen and oxygen atoms in total. The molecule has 0 aromatic carbocycles. The van der Waals surface area contributed by atoms with Crippen LogP contribution in [0, 0.1) is 5.92 Å². The molecule has 1 saturated carbocycles. The molecule has 0 bridgehead atoms. The minimum atomic E-state index is 0.708. The third-order valence-electron chi connectivity index (χ3n) is 1.82. The summed E-state index contributed by atoms with van der Waals surface area (Å²) in [5.41, 5.74) is 0. The molecular formula is C6H12S. The summed E-state index contributed by atoms with van der Waals surface area (Å²) in [5.74, 6) is 0.878. The van der Waals surface area contributed by atoms with Crippen LogP contribution in [0.2, 0.25) is 0 Å². The van der Waals surface area contributed by atoms with Crippen LogP contribution in [0.5, 0.6) is 0 Å². The normalized spacial score (nSPS) is 42.0. The molecule has 7 heavy (non-hydrogen) atoms. The van der Waals surface area contributed by atoms with Gasteiger partial charge >= 0.3 is 0 Å². The topological polar surface area (TPSA) is 0 Å². The molecule has 0 amide bonds. The first-order valence-electron chi connectivity index (χ1n) is 2.99. The maximum atomic E-state index is 4.39. The summed E-state index contributed by atoms with van der Waals surface area (Å²) in [6.07, 6.45) is 4.13. The van der Waals surface area contributed by atoms with Gasteiger partial charge < -0.3 is 0 Å². The van der Waals surface area contributed by atoms with Gasteiger partial charge in [0.25, 0.3) is 0 Å². The lowest BCUT2D eigenvalue weighted by atomic mass is 10.1. The maximum Gasteiger partial charge on any atom is 0.00424 e. The van der Waals surface area contributed by atoms with Crippen molar-refractivity contribution in [1.82, 2.24) is 0 Å². The molecule has 1 aliphatic rings. The van der Waals surface area contributed by atoms with Crippen molar-refractivity contribution in [2.45, 2.75) is 31.4 Å². The number of thiol groups is 1. The molecule has 1 rings (SSSR count). The summed E-state index contributed by atoms with van der Waals surface area (Å²) in [5, 5.41) is 0.708. The molecule has 0 heterocycles. The Labute approximate surface area is 50.7 Å². The fourth-order valence-electron chi connectivity index (χ4n) is 1.13. The van der Waals surface area contributed by atoms with Crippen molar-refractivity contribution in [2.24, 2.45) is 5.92 Å². The highest BCUT2D eigenvalue weighted by molar-refractivity contribution is 7.81. The summed E-state index contributed by atoms with van der Waals surface area (Å²) in [7, 11) is 0. The van der Waals surface area contributed by atoms with Gasteiger partial charge in [0.15, 0.2) is 0 Å². The molecule has 0 radical (unpaired) electrons. The van der Waals surface area contributed by atoms with Gasteiger partial charge in [-0.2, -0.15) is 12.6 Å². The Hall–Kier alpha value is 0.350. The molecule has 1 heteroatoms. The zero-order chi connectivity index (χ0) is 5.28. The fraction of sp³-hybridized carbons (Fsp3) is 1.00. The van der Waals surface area contributed by atoms with Gasteiger partial charge in [0.2, 0.25) is 0 Å². The minimum absolute atomic E-state index is 0.708. The van der Waals surface area contributed by atoms with Gasteiger partial charge in [0, 0.05) is 5.25 Å². The lowest BCUT2D eigenvalue weighted by Crippen LogP contribution is -1.99.